The van der Waals surface area contributed by atoms with Crippen molar-refractivity contribution >= 4 is 5.97 Å². The maximum atomic E-state index is 11.6. The zero-order valence-corrected chi connectivity index (χ0v) is 10.4. The number of piperidine rings is 1. The molecule has 0 unspecified atom stereocenters. The van der Waals surface area contributed by atoms with Crippen LogP contribution in [0.3, 0.4) is 0 Å². The maximum absolute atomic E-state index is 11.6. The van der Waals surface area contributed by atoms with Crippen molar-refractivity contribution in [3.05, 3.63) is 0 Å². The molecule has 88 valence electrons. The summed E-state index contributed by atoms with van der Waals surface area (Å²) in [5, 5.41) is 0. The summed E-state index contributed by atoms with van der Waals surface area (Å²) in [7, 11) is 2.13. The van der Waals surface area contributed by atoms with Gasteiger partial charge in [-0.15, -0.1) is 0 Å². The highest BCUT2D eigenvalue weighted by Crippen LogP contribution is 2.21. The lowest BCUT2D eigenvalue weighted by Crippen LogP contribution is -2.32. The number of likely N-dealkylation sites (tertiary alicyclic amines) is 1. The predicted molar refractivity (Wildman–Crippen MR) is 60.7 cm³/mol. The van der Waals surface area contributed by atoms with Crippen LogP contribution in [-0.2, 0) is 9.53 Å². The van der Waals surface area contributed by atoms with E-state index in [9.17, 15) is 4.79 Å². The van der Waals surface area contributed by atoms with Gasteiger partial charge in [-0.25, -0.2) is 0 Å². The molecule has 1 rings (SSSR count). The van der Waals surface area contributed by atoms with E-state index >= 15 is 0 Å². The van der Waals surface area contributed by atoms with Gasteiger partial charge in [-0.2, -0.15) is 0 Å². The van der Waals surface area contributed by atoms with Crippen LogP contribution in [0.15, 0.2) is 0 Å². The SMILES string of the molecule is CN1CCC(CC(=O)OC(C)(C)C)CC1. The molecule has 1 heterocycles. The van der Waals surface area contributed by atoms with Gasteiger partial charge in [-0.05, 0) is 59.7 Å². The summed E-state index contributed by atoms with van der Waals surface area (Å²) in [6.45, 7) is 7.96. The van der Waals surface area contributed by atoms with Gasteiger partial charge in [0.25, 0.3) is 0 Å². The molecule has 1 fully saturated rings. The number of carbonyl (C=O) groups excluding carboxylic acids is 1. The van der Waals surface area contributed by atoms with E-state index in [4.69, 9.17) is 4.74 Å². The molecule has 15 heavy (non-hydrogen) atoms. The minimum Gasteiger partial charge on any atom is -0.460 e. The number of hydrogen-bond donors (Lipinski definition) is 0. The summed E-state index contributed by atoms with van der Waals surface area (Å²) < 4.78 is 5.31. The molecule has 1 saturated heterocycles. The first-order valence-corrected chi connectivity index (χ1v) is 5.77. The molecule has 0 bridgehead atoms. The minimum atomic E-state index is -0.345. The molecule has 0 aliphatic carbocycles. The second kappa shape index (κ2) is 4.97. The third kappa shape index (κ3) is 5.17. The fourth-order valence-corrected chi connectivity index (χ4v) is 1.89. The van der Waals surface area contributed by atoms with E-state index in [-0.39, 0.29) is 11.6 Å². The number of carbonyl (C=O) groups is 1. The number of ether oxygens (including phenoxy) is 1. The lowest BCUT2D eigenvalue weighted by atomic mass is 9.94. The molecule has 0 aromatic rings. The van der Waals surface area contributed by atoms with E-state index < -0.39 is 0 Å². The van der Waals surface area contributed by atoms with E-state index in [1.807, 2.05) is 20.8 Å². The minimum absolute atomic E-state index is 0.0444. The van der Waals surface area contributed by atoms with Gasteiger partial charge in [0.1, 0.15) is 5.60 Å². The summed E-state index contributed by atoms with van der Waals surface area (Å²) in [6.07, 6.45) is 2.83. The molecule has 0 N–H and O–H groups in total. The molecule has 0 amide bonds. The van der Waals surface area contributed by atoms with Crippen molar-refractivity contribution in [2.24, 2.45) is 5.92 Å². The molecular weight excluding hydrogens is 190 g/mol. The normalized spacial score (nSPS) is 20.3. The van der Waals surface area contributed by atoms with E-state index in [2.05, 4.69) is 11.9 Å². The van der Waals surface area contributed by atoms with E-state index in [0.29, 0.717) is 12.3 Å². The van der Waals surface area contributed by atoms with Crippen LogP contribution in [-0.4, -0.2) is 36.6 Å². The number of rotatable bonds is 2. The van der Waals surface area contributed by atoms with Gasteiger partial charge in [0.2, 0.25) is 0 Å². The van der Waals surface area contributed by atoms with Crippen molar-refractivity contribution in [1.29, 1.82) is 0 Å². The quantitative estimate of drug-likeness (QED) is 0.658. The third-order valence-electron chi connectivity index (χ3n) is 2.71. The van der Waals surface area contributed by atoms with Crippen LogP contribution >= 0.6 is 0 Å². The highest BCUT2D eigenvalue weighted by Gasteiger charge is 2.23. The van der Waals surface area contributed by atoms with Crippen molar-refractivity contribution in [2.45, 2.75) is 45.6 Å². The monoisotopic (exact) mass is 213 g/mol. The zero-order valence-electron chi connectivity index (χ0n) is 10.4. The van der Waals surface area contributed by atoms with Gasteiger partial charge in [0.05, 0.1) is 0 Å². The standard InChI is InChI=1S/C12H23NO2/c1-12(2,3)15-11(14)9-10-5-7-13(4)8-6-10/h10H,5-9H2,1-4H3. The number of nitrogens with zero attached hydrogens (tertiary/aromatic N) is 1. The fraction of sp³-hybridized carbons (Fsp3) is 0.917. The average Bonchev–Trinajstić information content (AvgIpc) is 2.05. The van der Waals surface area contributed by atoms with Crippen molar-refractivity contribution < 1.29 is 9.53 Å². The topological polar surface area (TPSA) is 29.5 Å². The summed E-state index contributed by atoms with van der Waals surface area (Å²) in [4.78, 5) is 13.9. The zero-order chi connectivity index (χ0) is 11.5. The van der Waals surface area contributed by atoms with Crippen LogP contribution in [0.5, 0.6) is 0 Å². The van der Waals surface area contributed by atoms with Crippen molar-refractivity contribution in [3.8, 4) is 0 Å². The molecule has 1 aliphatic heterocycles. The molecule has 3 nitrogen and oxygen atoms in total. The molecule has 1 aliphatic rings. The first-order valence-electron chi connectivity index (χ1n) is 5.77. The highest BCUT2D eigenvalue weighted by atomic mass is 16.6. The Labute approximate surface area is 92.8 Å². The van der Waals surface area contributed by atoms with Crippen molar-refractivity contribution in [3.63, 3.8) is 0 Å². The second-order valence-electron chi connectivity index (χ2n) is 5.54. The largest absolute Gasteiger partial charge is 0.460 e. The Morgan fingerprint density at radius 2 is 1.87 bits per heavy atom. The Hall–Kier alpha value is -0.570. The summed E-state index contributed by atoms with van der Waals surface area (Å²) >= 11 is 0. The van der Waals surface area contributed by atoms with Crippen LogP contribution < -0.4 is 0 Å². The molecule has 0 saturated carbocycles. The maximum Gasteiger partial charge on any atom is 0.306 e. The van der Waals surface area contributed by atoms with Crippen LogP contribution in [0.1, 0.15) is 40.0 Å². The summed E-state index contributed by atoms with van der Waals surface area (Å²) in [6, 6.07) is 0. The van der Waals surface area contributed by atoms with Gasteiger partial charge in [0.15, 0.2) is 0 Å². The van der Waals surface area contributed by atoms with Gasteiger partial charge >= 0.3 is 5.97 Å². The lowest BCUT2D eigenvalue weighted by Gasteiger charge is -2.29. The first kappa shape index (κ1) is 12.5. The van der Waals surface area contributed by atoms with Gasteiger partial charge in [-0.3, -0.25) is 4.79 Å². The molecule has 0 radical (unpaired) electrons. The average molecular weight is 213 g/mol. The Bertz CT molecular complexity index is 212. The van der Waals surface area contributed by atoms with E-state index in [1.165, 1.54) is 0 Å². The van der Waals surface area contributed by atoms with E-state index in [0.717, 1.165) is 25.9 Å². The van der Waals surface area contributed by atoms with Gasteiger partial charge < -0.3 is 9.64 Å². The Morgan fingerprint density at radius 1 is 1.33 bits per heavy atom. The van der Waals surface area contributed by atoms with Crippen molar-refractivity contribution in [2.75, 3.05) is 20.1 Å². The molecule has 3 heteroatoms. The molecule has 0 spiro atoms. The Morgan fingerprint density at radius 3 is 2.33 bits per heavy atom. The molecule has 0 aromatic heterocycles. The van der Waals surface area contributed by atoms with Crippen LogP contribution in [0, 0.1) is 5.92 Å². The molecule has 0 aromatic carbocycles. The summed E-state index contributed by atoms with van der Waals surface area (Å²) in [5.74, 6) is 0.480. The summed E-state index contributed by atoms with van der Waals surface area (Å²) in [5.41, 5.74) is -0.345. The fourth-order valence-electron chi connectivity index (χ4n) is 1.89. The Balaban J connectivity index is 2.27. The smallest absolute Gasteiger partial charge is 0.306 e. The van der Waals surface area contributed by atoms with Crippen LogP contribution in [0.25, 0.3) is 0 Å². The van der Waals surface area contributed by atoms with Crippen molar-refractivity contribution in [1.82, 2.24) is 4.90 Å². The number of hydrogen-bond acceptors (Lipinski definition) is 3. The highest BCUT2D eigenvalue weighted by molar-refractivity contribution is 5.70. The van der Waals surface area contributed by atoms with Gasteiger partial charge in [0, 0.05) is 6.42 Å². The van der Waals surface area contributed by atoms with E-state index in [1.54, 1.807) is 0 Å². The number of esters is 1. The first-order chi connectivity index (χ1) is 6.87. The van der Waals surface area contributed by atoms with Crippen LogP contribution in [0.2, 0.25) is 0 Å². The predicted octanol–water partition coefficient (Wildman–Crippen LogP) is 2.06. The second-order valence-corrected chi connectivity index (χ2v) is 5.54. The molecular formula is C12H23NO2. The Kier molecular flexibility index (Phi) is 4.14. The molecule has 0 atom stereocenters. The van der Waals surface area contributed by atoms with Crippen LogP contribution in [0.4, 0.5) is 0 Å². The third-order valence-corrected chi connectivity index (χ3v) is 2.71. The van der Waals surface area contributed by atoms with Gasteiger partial charge in [-0.1, -0.05) is 0 Å². The lowest BCUT2D eigenvalue weighted by molar-refractivity contribution is -0.156.